The number of carbonyl (C=O) groups excluding carboxylic acids is 2. The normalized spacial score (nSPS) is 10.3. The van der Waals surface area contributed by atoms with Crippen LogP contribution in [0.25, 0.3) is 0 Å². The predicted molar refractivity (Wildman–Crippen MR) is 92.0 cm³/mol. The molecule has 0 saturated heterocycles. The van der Waals surface area contributed by atoms with Crippen molar-refractivity contribution in [1.82, 2.24) is 9.97 Å². The van der Waals surface area contributed by atoms with Gasteiger partial charge in [-0.05, 0) is 31.5 Å². The predicted octanol–water partition coefficient (Wildman–Crippen LogP) is 1.55. The smallest absolute Gasteiger partial charge is 0.337 e. The minimum atomic E-state index is -0.494. The molecule has 26 heavy (non-hydrogen) atoms. The molecular formula is C18H20N2O6. The second-order valence-electron chi connectivity index (χ2n) is 5.47. The lowest BCUT2D eigenvalue weighted by atomic mass is 10.1. The molecule has 0 aliphatic rings. The van der Waals surface area contributed by atoms with Crippen molar-refractivity contribution in [2.24, 2.45) is 0 Å². The number of nitrogens with zero attached hydrogens (tertiary/aromatic N) is 1. The molecule has 0 bridgehead atoms. The zero-order valence-electron chi connectivity index (χ0n) is 14.8. The van der Waals surface area contributed by atoms with Crippen LogP contribution in [-0.2, 0) is 27.3 Å². The van der Waals surface area contributed by atoms with Crippen LogP contribution in [0.15, 0.2) is 29.3 Å². The summed E-state index contributed by atoms with van der Waals surface area (Å²) >= 11 is 0. The van der Waals surface area contributed by atoms with Crippen LogP contribution in [0, 0.1) is 6.92 Å². The number of ether oxygens (including phenoxy) is 3. The number of nitrogens with one attached hydrogen (secondary N) is 1. The van der Waals surface area contributed by atoms with E-state index in [9.17, 15) is 14.4 Å². The van der Waals surface area contributed by atoms with Crippen molar-refractivity contribution in [2.75, 3.05) is 14.2 Å². The van der Waals surface area contributed by atoms with Gasteiger partial charge in [-0.2, -0.15) is 0 Å². The molecule has 0 spiro atoms. The molecule has 0 saturated carbocycles. The Kier molecular flexibility index (Phi) is 6.48. The highest BCUT2D eigenvalue weighted by atomic mass is 16.5. The summed E-state index contributed by atoms with van der Waals surface area (Å²) < 4.78 is 15.1. The quantitative estimate of drug-likeness (QED) is 0.746. The highest BCUT2D eigenvalue weighted by molar-refractivity contribution is 5.89. The van der Waals surface area contributed by atoms with E-state index >= 15 is 0 Å². The van der Waals surface area contributed by atoms with Crippen LogP contribution in [0.3, 0.4) is 0 Å². The van der Waals surface area contributed by atoms with Crippen LogP contribution in [0.5, 0.6) is 5.75 Å². The van der Waals surface area contributed by atoms with E-state index in [2.05, 4.69) is 14.7 Å². The van der Waals surface area contributed by atoms with Gasteiger partial charge in [0.25, 0.3) is 5.56 Å². The van der Waals surface area contributed by atoms with E-state index in [0.717, 1.165) is 0 Å². The molecule has 0 amide bonds. The van der Waals surface area contributed by atoms with E-state index in [0.29, 0.717) is 28.1 Å². The van der Waals surface area contributed by atoms with Crippen molar-refractivity contribution in [3.8, 4) is 5.75 Å². The first-order chi connectivity index (χ1) is 12.5. The third kappa shape index (κ3) is 4.69. The highest BCUT2D eigenvalue weighted by Crippen LogP contribution is 2.21. The minimum Gasteiger partial charge on any atom is -0.496 e. The van der Waals surface area contributed by atoms with Gasteiger partial charge in [0.2, 0.25) is 0 Å². The molecule has 1 N–H and O–H groups in total. The van der Waals surface area contributed by atoms with Crippen molar-refractivity contribution in [1.29, 1.82) is 0 Å². The average Bonchev–Trinajstić information content (AvgIpc) is 2.65. The van der Waals surface area contributed by atoms with Gasteiger partial charge in [-0.15, -0.1) is 0 Å². The Balaban J connectivity index is 2.00. The zero-order valence-corrected chi connectivity index (χ0v) is 14.8. The summed E-state index contributed by atoms with van der Waals surface area (Å²) in [6, 6.07) is 4.72. The van der Waals surface area contributed by atoms with Gasteiger partial charge < -0.3 is 19.2 Å². The van der Waals surface area contributed by atoms with Gasteiger partial charge in [-0.1, -0.05) is 0 Å². The molecule has 0 fully saturated rings. The van der Waals surface area contributed by atoms with E-state index in [1.54, 1.807) is 25.1 Å². The Morgan fingerprint density at radius 1 is 1.23 bits per heavy atom. The van der Waals surface area contributed by atoms with E-state index in [1.165, 1.54) is 20.5 Å². The molecule has 0 aliphatic carbocycles. The van der Waals surface area contributed by atoms with E-state index in [-0.39, 0.29) is 25.0 Å². The van der Waals surface area contributed by atoms with Crippen LogP contribution in [0.4, 0.5) is 0 Å². The second-order valence-corrected chi connectivity index (χ2v) is 5.47. The van der Waals surface area contributed by atoms with Gasteiger partial charge in [0.15, 0.2) is 0 Å². The fourth-order valence-electron chi connectivity index (χ4n) is 2.41. The second kappa shape index (κ2) is 8.80. The Hall–Kier alpha value is -3.16. The summed E-state index contributed by atoms with van der Waals surface area (Å²) in [5.41, 5.74) is 1.64. The van der Waals surface area contributed by atoms with E-state index in [4.69, 9.17) is 9.47 Å². The largest absolute Gasteiger partial charge is 0.496 e. The molecule has 2 aromatic rings. The van der Waals surface area contributed by atoms with Crippen molar-refractivity contribution in [2.45, 2.75) is 26.4 Å². The van der Waals surface area contributed by atoms with Gasteiger partial charge >= 0.3 is 11.9 Å². The van der Waals surface area contributed by atoms with E-state index < -0.39 is 11.9 Å². The lowest BCUT2D eigenvalue weighted by Gasteiger charge is -2.11. The van der Waals surface area contributed by atoms with Crippen molar-refractivity contribution in [3.63, 3.8) is 0 Å². The molecule has 8 nitrogen and oxygen atoms in total. The summed E-state index contributed by atoms with van der Waals surface area (Å²) in [7, 11) is 2.77. The van der Waals surface area contributed by atoms with Crippen LogP contribution >= 0.6 is 0 Å². The molecule has 1 heterocycles. The molecule has 8 heteroatoms. The molecule has 1 aromatic carbocycles. The molecule has 138 valence electrons. The Morgan fingerprint density at radius 2 is 2.00 bits per heavy atom. The summed E-state index contributed by atoms with van der Waals surface area (Å²) in [5.74, 6) is -0.477. The molecule has 2 rings (SSSR count). The van der Waals surface area contributed by atoms with E-state index in [1.807, 2.05) is 0 Å². The van der Waals surface area contributed by atoms with Crippen molar-refractivity contribution < 1.29 is 23.8 Å². The van der Waals surface area contributed by atoms with Crippen LogP contribution in [0.2, 0.25) is 0 Å². The lowest BCUT2D eigenvalue weighted by molar-refractivity contribution is -0.144. The lowest BCUT2D eigenvalue weighted by Crippen LogP contribution is -2.17. The number of methoxy groups -OCH3 is 2. The maximum Gasteiger partial charge on any atom is 0.337 e. The molecule has 0 aliphatic heterocycles. The number of benzene rings is 1. The van der Waals surface area contributed by atoms with Gasteiger partial charge in [-0.3, -0.25) is 9.59 Å². The number of carbonyl (C=O) groups is 2. The number of esters is 2. The molecule has 0 unspecified atom stereocenters. The number of aromatic amines is 1. The number of hydrogen-bond acceptors (Lipinski definition) is 7. The number of aromatic nitrogens is 2. The molecule has 0 radical (unpaired) electrons. The van der Waals surface area contributed by atoms with Crippen molar-refractivity contribution in [3.05, 3.63) is 57.3 Å². The number of aryl methyl sites for hydroxylation is 1. The molecule has 0 atom stereocenters. The topological polar surface area (TPSA) is 108 Å². The molecule has 1 aromatic heterocycles. The van der Waals surface area contributed by atoms with Crippen LogP contribution in [0.1, 0.15) is 33.6 Å². The zero-order chi connectivity index (χ0) is 19.1. The Bertz CT molecular complexity index is 859. The molecular weight excluding hydrogens is 340 g/mol. The number of rotatable bonds is 7. The number of hydrogen-bond donors (Lipinski definition) is 1. The standard InChI is InChI=1S/C18H20N2O6/c1-11-14(17(22)20-10-19-11)5-7-16(21)26-9-13-8-12(18(23)25-3)4-6-15(13)24-2/h4,6,8,10H,5,7,9H2,1-3H3,(H,19,20,22). The van der Waals surface area contributed by atoms with Crippen molar-refractivity contribution >= 4 is 11.9 Å². The maximum absolute atomic E-state index is 12.0. The summed E-state index contributed by atoms with van der Waals surface area (Å²) in [6.45, 7) is 1.65. The van der Waals surface area contributed by atoms with Gasteiger partial charge in [0.1, 0.15) is 12.4 Å². The van der Waals surface area contributed by atoms with Gasteiger partial charge in [0.05, 0.1) is 26.1 Å². The number of H-pyrrole nitrogens is 1. The summed E-state index contributed by atoms with van der Waals surface area (Å²) in [6.07, 6.45) is 1.59. The first kappa shape index (κ1) is 19.2. The third-order valence-corrected chi connectivity index (χ3v) is 3.83. The SMILES string of the molecule is COC(=O)c1ccc(OC)c(COC(=O)CCc2c(C)nc[nH]c2=O)c1. The fraction of sp³-hybridized carbons (Fsp3) is 0.333. The highest BCUT2D eigenvalue weighted by Gasteiger charge is 2.13. The fourth-order valence-corrected chi connectivity index (χ4v) is 2.41. The van der Waals surface area contributed by atoms with Gasteiger partial charge in [-0.25, -0.2) is 9.78 Å². The Labute approximate surface area is 150 Å². The first-order valence-electron chi connectivity index (χ1n) is 7.90. The van der Waals surface area contributed by atoms with Crippen LogP contribution < -0.4 is 10.3 Å². The minimum absolute atomic E-state index is 0.0363. The Morgan fingerprint density at radius 3 is 2.65 bits per heavy atom. The summed E-state index contributed by atoms with van der Waals surface area (Å²) in [4.78, 5) is 41.8. The monoisotopic (exact) mass is 360 g/mol. The third-order valence-electron chi connectivity index (χ3n) is 3.83. The maximum atomic E-state index is 12.0. The first-order valence-corrected chi connectivity index (χ1v) is 7.90. The summed E-state index contributed by atoms with van der Waals surface area (Å²) in [5, 5.41) is 0. The average molecular weight is 360 g/mol. The van der Waals surface area contributed by atoms with Gasteiger partial charge in [0, 0.05) is 23.2 Å². The van der Waals surface area contributed by atoms with Crippen LogP contribution in [-0.4, -0.2) is 36.1 Å².